The van der Waals surface area contributed by atoms with Crippen LogP contribution in [0.15, 0.2) is 23.0 Å². The largest absolute Gasteiger partial charge is 0.508 e. The Kier molecular flexibility index (Phi) is 4.61. The molecule has 10 nitrogen and oxygen atoms in total. The molecule has 1 amide bonds. The first kappa shape index (κ1) is 21.8. The lowest BCUT2D eigenvalue weighted by molar-refractivity contribution is -0.153. The average molecular weight is 447 g/mol. The summed E-state index contributed by atoms with van der Waals surface area (Å²) in [4.78, 5) is 39.7. The molecule has 4 rings (SSSR count). The number of nitrogens with zero attached hydrogens (tertiary/aromatic N) is 1. The number of phenolic OH excluding ortho intramolecular Hbond substituents is 1. The Morgan fingerprint density at radius 1 is 1.25 bits per heavy atom. The predicted octanol–water partition coefficient (Wildman–Crippen LogP) is -0.315. The third-order valence-corrected chi connectivity index (χ3v) is 6.70. The molecule has 0 aromatic heterocycles. The fourth-order valence-corrected chi connectivity index (χ4v) is 5.29. The minimum absolute atomic E-state index is 0.0673. The second kappa shape index (κ2) is 6.78. The topological polar surface area (TPSA) is 187 Å². The number of fused-ring (bicyclic) bond motifs is 3. The second-order valence-electron chi connectivity index (χ2n) is 8.61. The number of nitrogens with two attached hydrogens (primary N) is 2. The highest BCUT2D eigenvalue weighted by molar-refractivity contribution is 6.24. The molecule has 3 aliphatic rings. The van der Waals surface area contributed by atoms with Crippen molar-refractivity contribution in [1.29, 1.82) is 0 Å². The molecule has 1 aromatic carbocycles. The van der Waals surface area contributed by atoms with Crippen LogP contribution in [0.25, 0.3) is 5.76 Å². The van der Waals surface area contributed by atoms with Gasteiger partial charge in [0.2, 0.25) is 5.78 Å². The standard InChI is InChI=1S/C21H22FN3O7/c1-25(2)14-8-4-6-3-7-9(22)5-10(23)15(26)12(7)16(27)11(6)18(29)21(8,32)19(30)13(17(14)28)20(24)31/h5-6,8,14,26-27,30,32H,3-4,23H2,1-2H3,(H2,24,31)/t6-,8-,14-,21-/m0/s1. The number of benzene rings is 1. The van der Waals surface area contributed by atoms with E-state index >= 15 is 0 Å². The van der Waals surface area contributed by atoms with Gasteiger partial charge in [0.05, 0.1) is 17.3 Å². The molecule has 32 heavy (non-hydrogen) atoms. The maximum absolute atomic E-state index is 14.6. The zero-order valence-corrected chi connectivity index (χ0v) is 17.2. The van der Waals surface area contributed by atoms with Crippen LogP contribution < -0.4 is 11.5 Å². The molecule has 0 saturated heterocycles. The molecule has 0 radical (unpaired) electrons. The van der Waals surface area contributed by atoms with E-state index in [1.807, 2.05) is 0 Å². The van der Waals surface area contributed by atoms with E-state index in [9.17, 15) is 39.2 Å². The van der Waals surface area contributed by atoms with Gasteiger partial charge in [0, 0.05) is 23.1 Å². The number of aliphatic hydroxyl groups is 3. The van der Waals surface area contributed by atoms with Gasteiger partial charge in [0.15, 0.2) is 11.4 Å². The van der Waals surface area contributed by atoms with Crippen LogP contribution in [-0.4, -0.2) is 68.5 Å². The van der Waals surface area contributed by atoms with E-state index in [1.54, 1.807) is 0 Å². The number of anilines is 1. The van der Waals surface area contributed by atoms with E-state index in [2.05, 4.69) is 0 Å². The molecule has 0 unspecified atom stereocenters. The predicted molar refractivity (Wildman–Crippen MR) is 109 cm³/mol. The number of hydrogen-bond acceptors (Lipinski definition) is 9. The minimum Gasteiger partial charge on any atom is -0.508 e. The number of rotatable bonds is 2. The van der Waals surface area contributed by atoms with Crippen LogP contribution in [0, 0.1) is 17.7 Å². The molecule has 11 heteroatoms. The number of nitrogen functional groups attached to an aromatic ring is 1. The molecule has 0 bridgehead atoms. The number of carbonyl (C=O) groups excluding carboxylic acids is 3. The molecule has 8 N–H and O–H groups in total. The zero-order valence-electron chi connectivity index (χ0n) is 17.2. The molecular formula is C21H22FN3O7. The molecule has 1 saturated carbocycles. The average Bonchev–Trinajstić information content (AvgIpc) is 2.68. The van der Waals surface area contributed by atoms with Crippen LogP contribution in [0.3, 0.4) is 0 Å². The normalized spacial score (nSPS) is 29.7. The van der Waals surface area contributed by atoms with Crippen molar-refractivity contribution < 1.29 is 39.2 Å². The Balaban J connectivity index is 2.00. The molecule has 0 aliphatic heterocycles. The number of aliphatic hydroxyl groups excluding tert-OH is 2. The Morgan fingerprint density at radius 2 is 1.88 bits per heavy atom. The SMILES string of the molecule is CN(C)[C@@H]1C(=O)C(C(N)=O)=C(O)[C@@]2(O)C(=O)C3=C(O)c4c(O)c(N)cc(F)c4C[C@H]3C[C@@H]12. The Bertz CT molecular complexity index is 1170. The third-order valence-electron chi connectivity index (χ3n) is 6.70. The van der Waals surface area contributed by atoms with Crippen molar-refractivity contribution >= 4 is 28.9 Å². The van der Waals surface area contributed by atoms with E-state index in [0.717, 1.165) is 6.07 Å². The fraction of sp³-hybridized carbons (Fsp3) is 0.381. The third kappa shape index (κ3) is 2.55. The highest BCUT2D eigenvalue weighted by Gasteiger charge is 2.64. The zero-order chi connectivity index (χ0) is 23.9. The van der Waals surface area contributed by atoms with Gasteiger partial charge in [-0.15, -0.1) is 0 Å². The van der Waals surface area contributed by atoms with Gasteiger partial charge >= 0.3 is 0 Å². The number of carbonyl (C=O) groups is 3. The number of likely N-dealkylation sites (N-methyl/N-ethyl adjacent to an activating group) is 1. The summed E-state index contributed by atoms with van der Waals surface area (Å²) in [6, 6.07) is -0.300. The van der Waals surface area contributed by atoms with Crippen LogP contribution in [0.1, 0.15) is 17.5 Å². The van der Waals surface area contributed by atoms with Gasteiger partial charge in [-0.05, 0) is 32.9 Å². The second-order valence-corrected chi connectivity index (χ2v) is 8.61. The molecule has 3 aliphatic carbocycles. The minimum atomic E-state index is -2.74. The van der Waals surface area contributed by atoms with Gasteiger partial charge in [0.25, 0.3) is 5.91 Å². The van der Waals surface area contributed by atoms with Crippen molar-refractivity contribution in [3.05, 3.63) is 39.9 Å². The van der Waals surface area contributed by atoms with E-state index in [4.69, 9.17) is 11.5 Å². The summed E-state index contributed by atoms with van der Waals surface area (Å²) in [5.41, 5.74) is 6.02. The Labute approximate surface area is 181 Å². The van der Waals surface area contributed by atoms with E-state index in [1.165, 1.54) is 19.0 Å². The van der Waals surface area contributed by atoms with E-state index in [0.29, 0.717) is 0 Å². The molecule has 0 heterocycles. The maximum Gasteiger partial charge on any atom is 0.255 e. The van der Waals surface area contributed by atoms with Crippen molar-refractivity contribution in [3.8, 4) is 5.75 Å². The van der Waals surface area contributed by atoms with Crippen molar-refractivity contribution in [2.24, 2.45) is 17.6 Å². The lowest BCUT2D eigenvalue weighted by Gasteiger charge is -2.50. The van der Waals surface area contributed by atoms with Crippen LogP contribution >= 0.6 is 0 Å². The summed E-state index contributed by atoms with van der Waals surface area (Å²) in [5.74, 6) is -8.79. The molecule has 0 spiro atoms. The van der Waals surface area contributed by atoms with Gasteiger partial charge in [-0.3, -0.25) is 19.3 Å². The van der Waals surface area contributed by atoms with Crippen LogP contribution in [0.2, 0.25) is 0 Å². The summed E-state index contributed by atoms with van der Waals surface area (Å²) in [7, 11) is 2.99. The Morgan fingerprint density at radius 3 is 2.44 bits per heavy atom. The maximum atomic E-state index is 14.6. The molecule has 170 valence electrons. The smallest absolute Gasteiger partial charge is 0.255 e. The number of primary amides is 1. The highest BCUT2D eigenvalue weighted by atomic mass is 19.1. The van der Waals surface area contributed by atoms with Gasteiger partial charge < -0.3 is 31.9 Å². The summed E-state index contributed by atoms with van der Waals surface area (Å²) in [5, 5.41) is 43.2. The van der Waals surface area contributed by atoms with Crippen molar-refractivity contribution in [2.75, 3.05) is 19.8 Å². The number of halogens is 1. The van der Waals surface area contributed by atoms with Crippen molar-refractivity contribution in [1.82, 2.24) is 4.90 Å². The number of phenols is 1. The molecular weight excluding hydrogens is 425 g/mol. The number of hydrogen-bond donors (Lipinski definition) is 6. The van der Waals surface area contributed by atoms with Crippen molar-refractivity contribution in [2.45, 2.75) is 24.5 Å². The van der Waals surface area contributed by atoms with E-state index < -0.39 is 69.6 Å². The highest BCUT2D eigenvalue weighted by Crippen LogP contribution is 2.53. The number of aromatic hydroxyl groups is 1. The Hall–Kier alpha value is -3.44. The summed E-state index contributed by atoms with van der Waals surface area (Å²) in [6.07, 6.45) is -0.245. The molecule has 4 atom stereocenters. The first-order chi connectivity index (χ1) is 14.8. The summed E-state index contributed by atoms with van der Waals surface area (Å²) >= 11 is 0. The monoisotopic (exact) mass is 447 g/mol. The summed E-state index contributed by atoms with van der Waals surface area (Å²) < 4.78 is 14.6. The summed E-state index contributed by atoms with van der Waals surface area (Å²) in [6.45, 7) is 0. The first-order valence-electron chi connectivity index (χ1n) is 9.78. The number of ketones is 2. The van der Waals surface area contributed by atoms with Crippen LogP contribution in [-0.2, 0) is 20.8 Å². The van der Waals surface area contributed by atoms with Gasteiger partial charge in [-0.25, -0.2) is 4.39 Å². The molecule has 1 fully saturated rings. The van der Waals surface area contributed by atoms with Crippen molar-refractivity contribution in [3.63, 3.8) is 0 Å². The lowest BCUT2D eigenvalue weighted by Crippen LogP contribution is -2.65. The van der Waals surface area contributed by atoms with Crippen LogP contribution in [0.4, 0.5) is 10.1 Å². The van der Waals surface area contributed by atoms with Crippen LogP contribution in [0.5, 0.6) is 5.75 Å². The van der Waals surface area contributed by atoms with Gasteiger partial charge in [-0.1, -0.05) is 0 Å². The molecule has 1 aromatic rings. The first-order valence-corrected chi connectivity index (χ1v) is 9.78. The van der Waals surface area contributed by atoms with Gasteiger partial charge in [-0.2, -0.15) is 0 Å². The number of Topliss-reactive ketones (excluding diaryl/α,β-unsaturated/α-hetero) is 2. The fourth-order valence-electron chi connectivity index (χ4n) is 5.29. The lowest BCUT2D eigenvalue weighted by atomic mass is 9.57. The number of amides is 1. The quantitative estimate of drug-likeness (QED) is 0.201. The van der Waals surface area contributed by atoms with Gasteiger partial charge in [0.1, 0.15) is 28.7 Å². The van der Waals surface area contributed by atoms with E-state index in [-0.39, 0.29) is 35.2 Å².